The van der Waals surface area contributed by atoms with E-state index in [1.54, 1.807) is 6.07 Å². The molecule has 0 saturated carbocycles. The summed E-state index contributed by atoms with van der Waals surface area (Å²) in [5.41, 5.74) is 8.29. The summed E-state index contributed by atoms with van der Waals surface area (Å²) in [6, 6.07) is 5.41. The number of carbonyl (C=O) groups is 1. The van der Waals surface area contributed by atoms with Crippen LogP contribution in [0.5, 0.6) is 0 Å². The summed E-state index contributed by atoms with van der Waals surface area (Å²) in [4.78, 5) is 18.4. The smallest absolute Gasteiger partial charge is 0.267 e. The van der Waals surface area contributed by atoms with Gasteiger partial charge in [-0.3, -0.25) is 4.79 Å². The van der Waals surface area contributed by atoms with Gasteiger partial charge in [-0.1, -0.05) is 13.8 Å². The molecular weight excluding hydrogens is 190 g/mol. The molecule has 2 rings (SSSR count). The van der Waals surface area contributed by atoms with Gasteiger partial charge >= 0.3 is 0 Å². The molecule has 0 atom stereocenters. The van der Waals surface area contributed by atoms with Gasteiger partial charge in [-0.05, 0) is 24.1 Å². The van der Waals surface area contributed by atoms with Crippen molar-refractivity contribution in [2.45, 2.75) is 19.8 Å². The van der Waals surface area contributed by atoms with Crippen LogP contribution in [0.15, 0.2) is 18.2 Å². The molecule has 0 fully saturated rings. The SMILES string of the molecule is CC(C)c1cc2nc(C(N)=O)ccc2[nH]1. The first-order chi connectivity index (χ1) is 7.08. The van der Waals surface area contributed by atoms with E-state index in [1.165, 1.54) is 0 Å². The molecule has 78 valence electrons. The third-order valence-electron chi connectivity index (χ3n) is 2.37. The largest absolute Gasteiger partial charge is 0.364 e. The first-order valence-electron chi connectivity index (χ1n) is 4.87. The highest BCUT2D eigenvalue weighted by Crippen LogP contribution is 2.19. The second-order valence-corrected chi connectivity index (χ2v) is 3.87. The van der Waals surface area contributed by atoms with Crippen LogP contribution in [-0.4, -0.2) is 15.9 Å². The fraction of sp³-hybridized carbons (Fsp3) is 0.273. The molecule has 0 saturated heterocycles. The molecule has 0 aliphatic carbocycles. The minimum absolute atomic E-state index is 0.303. The summed E-state index contributed by atoms with van der Waals surface area (Å²) in [7, 11) is 0. The lowest BCUT2D eigenvalue weighted by Crippen LogP contribution is -2.12. The number of amides is 1. The van der Waals surface area contributed by atoms with Crippen molar-refractivity contribution >= 4 is 16.9 Å². The van der Waals surface area contributed by atoms with Crippen LogP contribution in [0.25, 0.3) is 11.0 Å². The molecule has 0 aliphatic rings. The third kappa shape index (κ3) is 1.70. The predicted octanol–water partition coefficient (Wildman–Crippen LogP) is 1.79. The Kier molecular flexibility index (Phi) is 2.19. The summed E-state index contributed by atoms with van der Waals surface area (Å²) in [6.07, 6.45) is 0. The van der Waals surface area contributed by atoms with Crippen LogP contribution < -0.4 is 5.73 Å². The maximum Gasteiger partial charge on any atom is 0.267 e. The van der Waals surface area contributed by atoms with Crippen LogP contribution in [-0.2, 0) is 0 Å². The number of aromatic amines is 1. The highest BCUT2D eigenvalue weighted by molar-refractivity contribution is 5.93. The third-order valence-corrected chi connectivity index (χ3v) is 2.37. The van der Waals surface area contributed by atoms with E-state index < -0.39 is 5.91 Å². The number of rotatable bonds is 2. The monoisotopic (exact) mass is 203 g/mol. The highest BCUT2D eigenvalue weighted by atomic mass is 16.1. The van der Waals surface area contributed by atoms with E-state index in [-0.39, 0.29) is 0 Å². The molecule has 2 aromatic heterocycles. The summed E-state index contributed by atoms with van der Waals surface area (Å²) in [5, 5.41) is 0. The minimum atomic E-state index is -0.496. The Morgan fingerprint density at radius 3 is 2.80 bits per heavy atom. The van der Waals surface area contributed by atoms with Crippen LogP contribution in [0.3, 0.4) is 0 Å². The van der Waals surface area contributed by atoms with Gasteiger partial charge < -0.3 is 10.7 Å². The molecule has 0 aliphatic heterocycles. The Labute approximate surface area is 87.5 Å². The Morgan fingerprint density at radius 2 is 2.20 bits per heavy atom. The second kappa shape index (κ2) is 3.38. The van der Waals surface area contributed by atoms with Gasteiger partial charge in [0.2, 0.25) is 0 Å². The quantitative estimate of drug-likeness (QED) is 0.781. The standard InChI is InChI=1S/C11H13N3O/c1-6(2)9-5-10-7(13-9)3-4-8(14-10)11(12)15/h3-6,13H,1-2H3,(H2,12,15). The van der Waals surface area contributed by atoms with Crippen LogP contribution in [0.1, 0.15) is 35.9 Å². The number of H-pyrrole nitrogens is 1. The molecule has 3 N–H and O–H groups in total. The van der Waals surface area contributed by atoms with Gasteiger partial charge in [-0.25, -0.2) is 4.98 Å². The van der Waals surface area contributed by atoms with Gasteiger partial charge in [0.05, 0.1) is 11.0 Å². The molecule has 1 amide bonds. The zero-order valence-electron chi connectivity index (χ0n) is 8.74. The molecule has 2 heterocycles. The molecule has 0 spiro atoms. The van der Waals surface area contributed by atoms with Crippen molar-refractivity contribution in [3.63, 3.8) is 0 Å². The van der Waals surface area contributed by atoms with Crippen LogP contribution in [0, 0.1) is 0 Å². The van der Waals surface area contributed by atoms with Crippen LogP contribution in [0.4, 0.5) is 0 Å². The Hall–Kier alpha value is -1.84. The summed E-state index contributed by atoms with van der Waals surface area (Å²) < 4.78 is 0. The lowest BCUT2D eigenvalue weighted by molar-refractivity contribution is 0.0996. The van der Waals surface area contributed by atoms with Crippen molar-refractivity contribution < 1.29 is 4.79 Å². The molecule has 0 aromatic carbocycles. The van der Waals surface area contributed by atoms with Gasteiger partial charge in [0.15, 0.2) is 0 Å². The molecule has 0 radical (unpaired) electrons. The van der Waals surface area contributed by atoms with E-state index >= 15 is 0 Å². The molecule has 4 nitrogen and oxygen atoms in total. The number of hydrogen-bond donors (Lipinski definition) is 2. The number of hydrogen-bond acceptors (Lipinski definition) is 2. The lowest BCUT2D eigenvalue weighted by Gasteiger charge is -1.97. The van der Waals surface area contributed by atoms with Crippen molar-refractivity contribution in [2.24, 2.45) is 5.73 Å². The summed E-state index contributed by atoms with van der Waals surface area (Å²) in [6.45, 7) is 4.19. The summed E-state index contributed by atoms with van der Waals surface area (Å²) >= 11 is 0. The van der Waals surface area contributed by atoms with Crippen molar-refractivity contribution in [3.8, 4) is 0 Å². The molecule has 0 bridgehead atoms. The molecule has 4 heteroatoms. The van der Waals surface area contributed by atoms with Gasteiger partial charge in [0.1, 0.15) is 5.69 Å². The van der Waals surface area contributed by atoms with E-state index in [0.717, 1.165) is 16.7 Å². The van der Waals surface area contributed by atoms with Crippen molar-refractivity contribution in [1.82, 2.24) is 9.97 Å². The van der Waals surface area contributed by atoms with Crippen molar-refractivity contribution in [3.05, 3.63) is 29.6 Å². The van der Waals surface area contributed by atoms with Crippen molar-refractivity contribution in [2.75, 3.05) is 0 Å². The topological polar surface area (TPSA) is 71.8 Å². The van der Waals surface area contributed by atoms with Crippen LogP contribution >= 0.6 is 0 Å². The first kappa shape index (κ1) is 9.71. The number of pyridine rings is 1. The number of nitrogens with one attached hydrogen (secondary N) is 1. The molecule has 0 unspecified atom stereocenters. The average Bonchev–Trinajstić information content (AvgIpc) is 2.59. The van der Waals surface area contributed by atoms with Gasteiger partial charge in [-0.2, -0.15) is 0 Å². The fourth-order valence-corrected chi connectivity index (χ4v) is 1.48. The van der Waals surface area contributed by atoms with E-state index in [4.69, 9.17) is 5.73 Å². The number of nitrogens with zero attached hydrogens (tertiary/aromatic N) is 1. The normalized spacial score (nSPS) is 11.1. The fourth-order valence-electron chi connectivity index (χ4n) is 1.48. The minimum Gasteiger partial charge on any atom is -0.364 e. The van der Waals surface area contributed by atoms with Crippen molar-refractivity contribution in [1.29, 1.82) is 0 Å². The average molecular weight is 203 g/mol. The zero-order chi connectivity index (χ0) is 11.0. The molecule has 2 aromatic rings. The summed E-state index contributed by atoms with van der Waals surface area (Å²) in [5.74, 6) is -0.0829. The molecular formula is C11H13N3O. The van der Waals surface area contributed by atoms with Crippen LogP contribution in [0.2, 0.25) is 0 Å². The number of aromatic nitrogens is 2. The number of nitrogens with two attached hydrogens (primary N) is 1. The van der Waals surface area contributed by atoms with E-state index in [0.29, 0.717) is 11.6 Å². The van der Waals surface area contributed by atoms with E-state index in [9.17, 15) is 4.79 Å². The maximum atomic E-state index is 10.9. The van der Waals surface area contributed by atoms with Gasteiger partial charge in [0.25, 0.3) is 5.91 Å². The predicted molar refractivity (Wildman–Crippen MR) is 58.7 cm³/mol. The number of primary amides is 1. The lowest BCUT2D eigenvalue weighted by atomic mass is 10.1. The highest BCUT2D eigenvalue weighted by Gasteiger charge is 2.08. The zero-order valence-corrected chi connectivity index (χ0v) is 8.74. The Balaban J connectivity index is 2.57. The second-order valence-electron chi connectivity index (χ2n) is 3.87. The van der Waals surface area contributed by atoms with Gasteiger partial charge in [0, 0.05) is 5.69 Å². The van der Waals surface area contributed by atoms with Gasteiger partial charge in [-0.15, -0.1) is 0 Å². The molecule has 15 heavy (non-hydrogen) atoms. The van der Waals surface area contributed by atoms with E-state index in [1.807, 2.05) is 12.1 Å². The Bertz CT molecular complexity index is 514. The Morgan fingerprint density at radius 1 is 1.47 bits per heavy atom. The number of fused-ring (bicyclic) bond motifs is 1. The number of carbonyl (C=O) groups excluding carboxylic acids is 1. The van der Waals surface area contributed by atoms with E-state index in [2.05, 4.69) is 23.8 Å². The first-order valence-corrected chi connectivity index (χ1v) is 4.87. The maximum absolute atomic E-state index is 10.9.